The van der Waals surface area contributed by atoms with Crippen LogP contribution in [-0.4, -0.2) is 48.6 Å². The first-order valence-electron chi connectivity index (χ1n) is 7.13. The Balaban J connectivity index is 1.72. The molecule has 0 amide bonds. The molecule has 2 aliphatic heterocycles. The summed E-state index contributed by atoms with van der Waals surface area (Å²) in [6.07, 6.45) is 6.21. The fraction of sp³-hybridized carbons (Fsp3) is 0.929. The van der Waals surface area contributed by atoms with E-state index in [0.29, 0.717) is 12.5 Å². The van der Waals surface area contributed by atoms with Crippen molar-refractivity contribution in [3.05, 3.63) is 0 Å². The summed E-state index contributed by atoms with van der Waals surface area (Å²) in [6, 6.07) is 2.74. The second-order valence-electron chi connectivity index (χ2n) is 5.72. The fourth-order valence-corrected chi connectivity index (χ4v) is 3.18. The molecule has 0 aliphatic carbocycles. The van der Waals surface area contributed by atoms with Crippen LogP contribution in [-0.2, 0) is 0 Å². The lowest BCUT2D eigenvalue weighted by Crippen LogP contribution is -2.36. The first-order valence-corrected chi connectivity index (χ1v) is 7.13. The van der Waals surface area contributed by atoms with E-state index in [1.807, 2.05) is 0 Å². The number of nitrogens with zero attached hydrogens (tertiary/aromatic N) is 3. The van der Waals surface area contributed by atoms with E-state index in [4.69, 9.17) is 5.26 Å². The van der Waals surface area contributed by atoms with Gasteiger partial charge in [-0.05, 0) is 51.7 Å². The Labute approximate surface area is 105 Å². The molecule has 2 rings (SSSR count). The van der Waals surface area contributed by atoms with Crippen LogP contribution in [0.2, 0.25) is 0 Å². The van der Waals surface area contributed by atoms with Crippen LogP contribution < -0.4 is 0 Å². The lowest BCUT2D eigenvalue weighted by molar-refractivity contribution is 0.186. The summed E-state index contributed by atoms with van der Waals surface area (Å²) < 4.78 is 0. The van der Waals surface area contributed by atoms with Gasteiger partial charge in [0, 0.05) is 19.1 Å². The van der Waals surface area contributed by atoms with Crippen molar-refractivity contribution in [2.24, 2.45) is 5.92 Å². The highest BCUT2D eigenvalue weighted by atomic mass is 15.2. The molecule has 17 heavy (non-hydrogen) atoms. The number of nitriles is 1. The van der Waals surface area contributed by atoms with Crippen LogP contribution in [0.15, 0.2) is 0 Å². The molecule has 2 fully saturated rings. The maximum atomic E-state index is 8.74. The van der Waals surface area contributed by atoms with E-state index in [9.17, 15) is 0 Å². The molecule has 0 aromatic rings. The zero-order valence-electron chi connectivity index (χ0n) is 11.1. The fourth-order valence-electron chi connectivity index (χ4n) is 3.18. The van der Waals surface area contributed by atoms with Crippen LogP contribution in [0.5, 0.6) is 0 Å². The van der Waals surface area contributed by atoms with Crippen LogP contribution in [0.25, 0.3) is 0 Å². The maximum absolute atomic E-state index is 8.74. The molecule has 0 radical (unpaired) electrons. The average molecular weight is 235 g/mol. The SMILES string of the molecule is C[C@H](CC#N)N1CC[C@H](CN2CCCCC2)C1. The monoisotopic (exact) mass is 235 g/mol. The molecule has 0 saturated carbocycles. The summed E-state index contributed by atoms with van der Waals surface area (Å²) in [5.74, 6) is 0.842. The summed E-state index contributed by atoms with van der Waals surface area (Å²) >= 11 is 0. The number of hydrogen-bond acceptors (Lipinski definition) is 3. The Morgan fingerprint density at radius 1 is 1.24 bits per heavy atom. The van der Waals surface area contributed by atoms with Gasteiger partial charge in [0.15, 0.2) is 0 Å². The van der Waals surface area contributed by atoms with Crippen molar-refractivity contribution in [1.82, 2.24) is 9.80 Å². The highest BCUT2D eigenvalue weighted by Gasteiger charge is 2.27. The van der Waals surface area contributed by atoms with Gasteiger partial charge in [-0.2, -0.15) is 5.26 Å². The van der Waals surface area contributed by atoms with E-state index >= 15 is 0 Å². The number of hydrogen-bond donors (Lipinski definition) is 0. The van der Waals surface area contributed by atoms with Crippen LogP contribution in [0, 0.1) is 17.2 Å². The topological polar surface area (TPSA) is 30.3 Å². The molecule has 3 nitrogen and oxygen atoms in total. The molecule has 2 atom stereocenters. The Hall–Kier alpha value is -0.590. The molecular formula is C14H25N3. The molecular weight excluding hydrogens is 210 g/mol. The molecule has 3 heteroatoms. The third-order valence-corrected chi connectivity index (χ3v) is 4.29. The molecule has 2 heterocycles. The third-order valence-electron chi connectivity index (χ3n) is 4.29. The average Bonchev–Trinajstić information content (AvgIpc) is 2.79. The Morgan fingerprint density at radius 3 is 2.71 bits per heavy atom. The summed E-state index contributed by atoms with van der Waals surface area (Å²) in [5, 5.41) is 8.74. The molecule has 0 bridgehead atoms. The predicted molar refractivity (Wildman–Crippen MR) is 69.7 cm³/mol. The standard InChI is InChI=1S/C14H25N3/c1-13(5-7-15)17-10-6-14(12-17)11-16-8-3-2-4-9-16/h13-14H,2-6,8-12H2,1H3/t13-,14-/m1/s1. The first kappa shape index (κ1) is 12.9. The van der Waals surface area contributed by atoms with Crippen molar-refractivity contribution in [2.45, 2.75) is 45.1 Å². The molecule has 2 saturated heterocycles. The zero-order valence-corrected chi connectivity index (χ0v) is 11.1. The van der Waals surface area contributed by atoms with Gasteiger partial charge in [0.2, 0.25) is 0 Å². The summed E-state index contributed by atoms with van der Waals surface area (Å²) in [5.41, 5.74) is 0. The lowest BCUT2D eigenvalue weighted by Gasteiger charge is -2.29. The summed E-state index contributed by atoms with van der Waals surface area (Å²) in [6.45, 7) is 8.50. The van der Waals surface area contributed by atoms with Crippen molar-refractivity contribution >= 4 is 0 Å². The van der Waals surface area contributed by atoms with Gasteiger partial charge >= 0.3 is 0 Å². The second kappa shape index (κ2) is 6.37. The smallest absolute Gasteiger partial charge is 0.0638 e. The van der Waals surface area contributed by atoms with Gasteiger partial charge in [-0.25, -0.2) is 0 Å². The van der Waals surface area contributed by atoms with Crippen molar-refractivity contribution < 1.29 is 0 Å². The lowest BCUT2D eigenvalue weighted by atomic mass is 10.1. The Morgan fingerprint density at radius 2 is 2.00 bits per heavy atom. The minimum Gasteiger partial charge on any atom is -0.303 e. The van der Waals surface area contributed by atoms with E-state index < -0.39 is 0 Å². The number of rotatable bonds is 4. The van der Waals surface area contributed by atoms with Gasteiger partial charge in [-0.3, -0.25) is 4.90 Å². The molecule has 0 spiro atoms. The van der Waals surface area contributed by atoms with E-state index in [-0.39, 0.29) is 0 Å². The van der Waals surface area contributed by atoms with E-state index in [2.05, 4.69) is 22.8 Å². The zero-order chi connectivity index (χ0) is 12.1. The minimum atomic E-state index is 0.450. The highest BCUT2D eigenvalue weighted by Crippen LogP contribution is 2.22. The van der Waals surface area contributed by atoms with Crippen LogP contribution in [0.4, 0.5) is 0 Å². The molecule has 0 aromatic carbocycles. The van der Waals surface area contributed by atoms with Gasteiger partial charge in [-0.1, -0.05) is 6.42 Å². The first-order chi connectivity index (χ1) is 8.29. The molecule has 2 aliphatic rings. The van der Waals surface area contributed by atoms with Gasteiger partial charge in [-0.15, -0.1) is 0 Å². The van der Waals surface area contributed by atoms with Gasteiger partial charge in [0.05, 0.1) is 12.5 Å². The Kier molecular flexibility index (Phi) is 4.82. The summed E-state index contributed by atoms with van der Waals surface area (Å²) in [4.78, 5) is 5.14. The molecule has 0 N–H and O–H groups in total. The number of likely N-dealkylation sites (tertiary alicyclic amines) is 2. The van der Waals surface area contributed by atoms with E-state index in [1.54, 1.807) is 0 Å². The summed E-state index contributed by atoms with van der Waals surface area (Å²) in [7, 11) is 0. The van der Waals surface area contributed by atoms with Crippen molar-refractivity contribution in [1.29, 1.82) is 5.26 Å². The Bertz CT molecular complexity index is 265. The molecule has 96 valence electrons. The molecule has 0 unspecified atom stereocenters. The third kappa shape index (κ3) is 3.69. The van der Waals surface area contributed by atoms with Crippen LogP contribution in [0.3, 0.4) is 0 Å². The quantitative estimate of drug-likeness (QED) is 0.747. The normalized spacial score (nSPS) is 29.1. The largest absolute Gasteiger partial charge is 0.303 e. The van der Waals surface area contributed by atoms with Crippen LogP contribution >= 0.6 is 0 Å². The van der Waals surface area contributed by atoms with Gasteiger partial charge in [0.1, 0.15) is 0 Å². The maximum Gasteiger partial charge on any atom is 0.0638 e. The van der Waals surface area contributed by atoms with E-state index in [1.165, 1.54) is 58.4 Å². The second-order valence-corrected chi connectivity index (χ2v) is 5.72. The minimum absolute atomic E-state index is 0.450. The van der Waals surface area contributed by atoms with Crippen LogP contribution in [0.1, 0.15) is 39.0 Å². The number of piperidine rings is 1. The van der Waals surface area contributed by atoms with Crippen molar-refractivity contribution in [2.75, 3.05) is 32.7 Å². The van der Waals surface area contributed by atoms with E-state index in [0.717, 1.165) is 5.92 Å². The van der Waals surface area contributed by atoms with Gasteiger partial charge in [0.25, 0.3) is 0 Å². The van der Waals surface area contributed by atoms with Gasteiger partial charge < -0.3 is 4.90 Å². The predicted octanol–water partition coefficient (Wildman–Crippen LogP) is 2.10. The molecule has 0 aromatic heterocycles. The highest BCUT2D eigenvalue weighted by molar-refractivity contribution is 4.86. The van der Waals surface area contributed by atoms with Crippen molar-refractivity contribution in [3.63, 3.8) is 0 Å². The van der Waals surface area contributed by atoms with Crippen molar-refractivity contribution in [3.8, 4) is 6.07 Å².